The van der Waals surface area contributed by atoms with Crippen LogP contribution in [0, 0.1) is 0 Å². The highest BCUT2D eigenvalue weighted by molar-refractivity contribution is 7.54. The van der Waals surface area contributed by atoms with E-state index in [1.807, 2.05) is 0 Å². The van der Waals surface area contributed by atoms with Crippen LogP contribution in [0.2, 0.25) is 0 Å². The molecule has 0 radical (unpaired) electrons. The Morgan fingerprint density at radius 2 is 1.25 bits per heavy atom. The fraction of sp³-hybridized carbons (Fsp3) is 0.824. The third kappa shape index (κ3) is 11.5. The van der Waals surface area contributed by atoms with Crippen molar-refractivity contribution in [2.24, 2.45) is 0 Å². The first kappa shape index (κ1) is 27.5. The Bertz CT molecular complexity index is 517. The van der Waals surface area contributed by atoms with Crippen molar-refractivity contribution in [2.75, 3.05) is 52.2 Å². The summed E-state index contributed by atoms with van der Waals surface area (Å²) in [7, 11) is -6.82. The second-order valence-electron chi connectivity index (χ2n) is 5.84. The minimum atomic E-state index is -3.41. The van der Waals surface area contributed by atoms with E-state index in [9.17, 15) is 13.9 Å². The minimum absolute atomic E-state index is 0.0761. The van der Waals surface area contributed by atoms with Crippen molar-refractivity contribution in [3.63, 3.8) is 0 Å². The van der Waals surface area contributed by atoms with Crippen molar-refractivity contribution in [3.8, 4) is 0 Å². The number of carbonyl (C=O) groups excluding carboxylic acids is 1. The average Bonchev–Trinajstić information content (AvgIpc) is 2.58. The number of hydrogen-bond acceptors (Lipinski definition) is 9. The molecule has 0 N–H and O–H groups in total. The molecule has 9 nitrogen and oxygen atoms in total. The molecule has 0 fully saturated rings. The molecule has 0 bridgehead atoms. The maximum absolute atomic E-state index is 12.9. The van der Waals surface area contributed by atoms with Gasteiger partial charge in [-0.15, -0.1) is 0 Å². The number of carbonyl (C=O) groups is 1. The average molecular weight is 443 g/mol. The highest BCUT2D eigenvalue weighted by Gasteiger charge is 2.33. The summed E-state index contributed by atoms with van der Waals surface area (Å²) in [5, 5.41) is 0. The summed E-state index contributed by atoms with van der Waals surface area (Å²) in [4.78, 5) is 13.1. The molecule has 11 heteroatoms. The number of esters is 1. The van der Waals surface area contributed by atoms with Gasteiger partial charge in [-0.1, -0.05) is 6.58 Å². The van der Waals surface area contributed by atoms with E-state index in [0.29, 0.717) is 18.5 Å². The van der Waals surface area contributed by atoms with Crippen LogP contribution in [0.25, 0.3) is 0 Å². The van der Waals surface area contributed by atoms with Gasteiger partial charge in [-0.05, 0) is 41.0 Å². The summed E-state index contributed by atoms with van der Waals surface area (Å²) < 4.78 is 52.2. The normalized spacial score (nSPS) is 12.4. The van der Waals surface area contributed by atoms with Gasteiger partial charge >= 0.3 is 21.2 Å². The molecule has 0 atom stereocenters. The molecule has 0 aliphatic heterocycles. The van der Waals surface area contributed by atoms with Crippen LogP contribution in [0.1, 0.15) is 41.0 Å². The monoisotopic (exact) mass is 443 g/mol. The third-order valence-corrected chi connectivity index (χ3v) is 7.35. The highest BCUT2D eigenvalue weighted by atomic mass is 31.2. The number of hydrogen-bond donors (Lipinski definition) is 0. The molecule has 0 heterocycles. The quantitative estimate of drug-likeness (QED) is 0.141. The highest BCUT2D eigenvalue weighted by Crippen LogP contribution is 2.53. The zero-order chi connectivity index (χ0) is 21.6. The standard InChI is InChI=1S/C17H35NO8P2/c1-7-23-27(20,24-8-2)14-18(12-11-13-22-17(19)16(5)6)15-28(21,25-9-3)26-10-4/h5,7-15H2,1-4,6H3. The Balaban J connectivity index is 5.17. The van der Waals surface area contributed by atoms with Gasteiger partial charge in [0.15, 0.2) is 0 Å². The molecule has 0 rings (SSSR count). The van der Waals surface area contributed by atoms with Gasteiger partial charge < -0.3 is 22.8 Å². The van der Waals surface area contributed by atoms with E-state index in [-0.39, 0.29) is 45.6 Å². The summed E-state index contributed by atoms with van der Waals surface area (Å²) >= 11 is 0. The van der Waals surface area contributed by atoms with E-state index in [1.54, 1.807) is 39.5 Å². The largest absolute Gasteiger partial charge is 0.462 e. The smallest absolute Gasteiger partial charge is 0.344 e. The summed E-state index contributed by atoms with van der Waals surface area (Å²) in [5.74, 6) is -0.477. The lowest BCUT2D eigenvalue weighted by atomic mass is 10.3. The molecule has 0 aliphatic rings. The molecule has 0 saturated carbocycles. The molecule has 28 heavy (non-hydrogen) atoms. The number of rotatable bonds is 17. The zero-order valence-electron chi connectivity index (χ0n) is 17.7. The first-order valence-corrected chi connectivity index (χ1v) is 12.9. The lowest BCUT2D eigenvalue weighted by molar-refractivity contribution is -0.139. The fourth-order valence-corrected chi connectivity index (χ4v) is 5.95. The van der Waals surface area contributed by atoms with Crippen molar-refractivity contribution in [1.82, 2.24) is 4.90 Å². The van der Waals surface area contributed by atoms with Gasteiger partial charge in [0.05, 0.1) is 33.0 Å². The summed E-state index contributed by atoms with van der Waals surface area (Å²) in [5.41, 5.74) is 0.311. The minimum Gasteiger partial charge on any atom is -0.462 e. The fourth-order valence-electron chi connectivity index (χ4n) is 2.28. The molecule has 0 aliphatic carbocycles. The van der Waals surface area contributed by atoms with Crippen molar-refractivity contribution < 1.29 is 36.8 Å². The Morgan fingerprint density at radius 1 is 0.857 bits per heavy atom. The van der Waals surface area contributed by atoms with Crippen LogP contribution in [0.3, 0.4) is 0 Å². The van der Waals surface area contributed by atoms with E-state index in [2.05, 4.69) is 6.58 Å². The summed E-state index contributed by atoms with van der Waals surface area (Å²) in [6.45, 7) is 13.3. The van der Waals surface area contributed by atoms with Gasteiger partial charge in [-0.3, -0.25) is 14.0 Å². The Morgan fingerprint density at radius 3 is 1.57 bits per heavy atom. The van der Waals surface area contributed by atoms with Crippen molar-refractivity contribution >= 4 is 21.2 Å². The van der Waals surface area contributed by atoms with Crippen LogP contribution >= 0.6 is 15.2 Å². The van der Waals surface area contributed by atoms with Crippen LogP contribution in [0.5, 0.6) is 0 Å². The zero-order valence-corrected chi connectivity index (χ0v) is 19.5. The first-order valence-electron chi connectivity index (χ1n) is 9.46. The molecule has 0 spiro atoms. The molecule has 166 valence electrons. The van der Waals surface area contributed by atoms with Crippen LogP contribution in [0.4, 0.5) is 0 Å². The Hall–Kier alpha value is -0.530. The van der Waals surface area contributed by atoms with E-state index >= 15 is 0 Å². The molecule has 0 aromatic rings. The summed E-state index contributed by atoms with van der Waals surface area (Å²) in [6.07, 6.45) is 0.274. The van der Waals surface area contributed by atoms with Gasteiger partial charge in [-0.2, -0.15) is 0 Å². The van der Waals surface area contributed by atoms with Gasteiger partial charge in [0.1, 0.15) is 12.6 Å². The number of ether oxygens (including phenoxy) is 1. The van der Waals surface area contributed by atoms with Crippen LogP contribution in [-0.2, 0) is 36.8 Å². The molecule has 0 aromatic carbocycles. The molecule has 0 saturated heterocycles. The number of nitrogens with zero attached hydrogens (tertiary/aromatic N) is 1. The SMILES string of the molecule is C=C(C)C(=O)OCCCN(CP(=O)(OCC)OCC)CP(=O)(OCC)OCC. The summed E-state index contributed by atoms with van der Waals surface area (Å²) in [6, 6.07) is 0. The van der Waals surface area contributed by atoms with Crippen LogP contribution < -0.4 is 0 Å². The lowest BCUT2D eigenvalue weighted by Crippen LogP contribution is -2.30. The van der Waals surface area contributed by atoms with Crippen molar-refractivity contribution in [2.45, 2.75) is 41.0 Å². The van der Waals surface area contributed by atoms with Gasteiger partial charge in [0.25, 0.3) is 0 Å². The van der Waals surface area contributed by atoms with E-state index in [0.717, 1.165) is 0 Å². The topological polar surface area (TPSA) is 101 Å². The third-order valence-electron chi connectivity index (χ3n) is 3.25. The van der Waals surface area contributed by atoms with Crippen molar-refractivity contribution in [1.29, 1.82) is 0 Å². The molecule has 0 aromatic heterocycles. The maximum Gasteiger partial charge on any atom is 0.344 e. The Labute approximate surface area is 168 Å². The van der Waals surface area contributed by atoms with Crippen LogP contribution in [-0.4, -0.2) is 63.0 Å². The van der Waals surface area contributed by atoms with Crippen molar-refractivity contribution in [3.05, 3.63) is 12.2 Å². The second kappa shape index (κ2) is 14.5. The van der Waals surface area contributed by atoms with E-state index < -0.39 is 21.2 Å². The Kier molecular flexibility index (Phi) is 14.2. The first-order chi connectivity index (χ1) is 13.1. The van der Waals surface area contributed by atoms with E-state index in [4.69, 9.17) is 22.8 Å². The van der Waals surface area contributed by atoms with Gasteiger partial charge in [0.2, 0.25) is 0 Å². The molecular weight excluding hydrogens is 408 g/mol. The van der Waals surface area contributed by atoms with Crippen LogP contribution in [0.15, 0.2) is 12.2 Å². The van der Waals surface area contributed by atoms with E-state index in [1.165, 1.54) is 0 Å². The van der Waals surface area contributed by atoms with Gasteiger partial charge in [-0.25, -0.2) is 4.79 Å². The molecule has 0 amide bonds. The van der Waals surface area contributed by atoms with Gasteiger partial charge in [0, 0.05) is 12.1 Å². The lowest BCUT2D eigenvalue weighted by Gasteiger charge is -2.29. The molecular formula is C17H35NO8P2. The predicted molar refractivity (Wildman–Crippen MR) is 109 cm³/mol. The predicted octanol–water partition coefficient (Wildman–Crippen LogP) is 4.25. The second-order valence-corrected chi connectivity index (χ2v) is 9.88. The maximum atomic E-state index is 12.9. The molecule has 0 unspecified atom stereocenters.